The van der Waals surface area contributed by atoms with Crippen molar-refractivity contribution in [2.75, 3.05) is 13.1 Å². The summed E-state index contributed by atoms with van der Waals surface area (Å²) in [6, 6.07) is 4.17. The lowest BCUT2D eigenvalue weighted by molar-refractivity contribution is -0.135. The van der Waals surface area contributed by atoms with Crippen molar-refractivity contribution in [1.29, 1.82) is 0 Å². The van der Waals surface area contributed by atoms with E-state index in [0.717, 1.165) is 31.7 Å². The summed E-state index contributed by atoms with van der Waals surface area (Å²) in [5.74, 6) is 0.972. The topological polar surface area (TPSA) is 59.2 Å². The third-order valence-corrected chi connectivity index (χ3v) is 4.37. The van der Waals surface area contributed by atoms with Gasteiger partial charge in [-0.3, -0.25) is 9.78 Å². The Hall–Kier alpha value is -1.42. The first-order chi connectivity index (χ1) is 9.74. The molecule has 4 nitrogen and oxygen atoms in total. The summed E-state index contributed by atoms with van der Waals surface area (Å²) in [6.07, 6.45) is 8.27. The van der Waals surface area contributed by atoms with Crippen LogP contribution < -0.4 is 5.73 Å². The summed E-state index contributed by atoms with van der Waals surface area (Å²) in [7, 11) is 0. The average Bonchev–Trinajstić information content (AvgIpc) is 2.52. The third-order valence-electron chi connectivity index (χ3n) is 4.37. The molecule has 1 fully saturated rings. The van der Waals surface area contributed by atoms with Crippen molar-refractivity contribution in [2.24, 2.45) is 11.7 Å². The Labute approximate surface area is 121 Å². The van der Waals surface area contributed by atoms with Crippen molar-refractivity contribution in [3.05, 3.63) is 30.1 Å². The van der Waals surface area contributed by atoms with Crippen molar-refractivity contribution < 1.29 is 4.79 Å². The molecule has 0 saturated carbocycles. The lowest BCUT2D eigenvalue weighted by Gasteiger charge is -2.39. The Morgan fingerprint density at radius 1 is 1.45 bits per heavy atom. The van der Waals surface area contributed by atoms with Gasteiger partial charge in [0.05, 0.1) is 0 Å². The number of piperidine rings is 1. The maximum absolute atomic E-state index is 12.4. The Morgan fingerprint density at radius 2 is 2.20 bits per heavy atom. The van der Waals surface area contributed by atoms with Crippen LogP contribution in [0.4, 0.5) is 0 Å². The largest absolute Gasteiger partial charge is 0.338 e. The molecule has 1 amide bonds. The van der Waals surface area contributed by atoms with Crippen LogP contribution in [0.15, 0.2) is 24.5 Å². The maximum atomic E-state index is 12.4. The number of nitrogens with zero attached hydrogens (tertiary/aromatic N) is 2. The van der Waals surface area contributed by atoms with Crippen LogP contribution in [0.2, 0.25) is 0 Å². The molecule has 1 aromatic heterocycles. The molecular weight excluding hydrogens is 250 g/mol. The summed E-state index contributed by atoms with van der Waals surface area (Å²) >= 11 is 0. The lowest BCUT2D eigenvalue weighted by atomic mass is 9.88. The first-order valence-electron chi connectivity index (χ1n) is 7.63. The van der Waals surface area contributed by atoms with E-state index in [1.807, 2.05) is 17.0 Å². The molecule has 1 saturated heterocycles. The minimum Gasteiger partial charge on any atom is -0.338 e. The second kappa shape index (κ2) is 7.39. The standard InChI is InChI=1S/C16H25N3O/c1-2-13-7-10-19(15(11-13)12-17)16(20)4-3-14-5-8-18-9-6-14/h5-6,8-9,13,15H,2-4,7,10-12,17H2,1H3. The van der Waals surface area contributed by atoms with Gasteiger partial charge in [-0.1, -0.05) is 13.3 Å². The highest BCUT2D eigenvalue weighted by atomic mass is 16.2. The number of hydrogen-bond donors (Lipinski definition) is 1. The highest BCUT2D eigenvalue weighted by Gasteiger charge is 2.29. The minimum absolute atomic E-state index is 0.235. The van der Waals surface area contributed by atoms with E-state index in [-0.39, 0.29) is 11.9 Å². The van der Waals surface area contributed by atoms with E-state index in [1.54, 1.807) is 12.4 Å². The molecule has 110 valence electrons. The zero-order valence-electron chi connectivity index (χ0n) is 12.3. The van der Waals surface area contributed by atoms with Crippen molar-refractivity contribution in [3.63, 3.8) is 0 Å². The number of aryl methyl sites for hydroxylation is 1. The summed E-state index contributed by atoms with van der Waals surface area (Å²) < 4.78 is 0. The Balaban J connectivity index is 1.88. The van der Waals surface area contributed by atoms with E-state index in [2.05, 4.69) is 11.9 Å². The maximum Gasteiger partial charge on any atom is 0.223 e. The first kappa shape index (κ1) is 15.0. The molecule has 2 heterocycles. The molecule has 0 bridgehead atoms. The fraction of sp³-hybridized carbons (Fsp3) is 0.625. The predicted octanol–water partition coefficient (Wildman–Crippen LogP) is 1.99. The molecule has 2 atom stereocenters. The predicted molar refractivity (Wildman–Crippen MR) is 80.1 cm³/mol. The smallest absolute Gasteiger partial charge is 0.223 e. The molecule has 1 aromatic rings. The van der Waals surface area contributed by atoms with Gasteiger partial charge in [-0.2, -0.15) is 0 Å². The molecule has 2 N–H and O–H groups in total. The molecule has 0 aromatic carbocycles. The molecular formula is C16H25N3O. The van der Waals surface area contributed by atoms with Gasteiger partial charge < -0.3 is 10.6 Å². The number of pyridine rings is 1. The molecule has 0 aliphatic carbocycles. The van der Waals surface area contributed by atoms with Gasteiger partial charge in [0.25, 0.3) is 0 Å². The van der Waals surface area contributed by atoms with Crippen LogP contribution in [0.5, 0.6) is 0 Å². The van der Waals surface area contributed by atoms with E-state index in [9.17, 15) is 4.79 Å². The number of hydrogen-bond acceptors (Lipinski definition) is 3. The minimum atomic E-state index is 0.235. The quantitative estimate of drug-likeness (QED) is 0.894. The third kappa shape index (κ3) is 3.79. The van der Waals surface area contributed by atoms with Crippen molar-refractivity contribution in [3.8, 4) is 0 Å². The van der Waals surface area contributed by atoms with Gasteiger partial charge in [0, 0.05) is 37.9 Å². The van der Waals surface area contributed by atoms with Gasteiger partial charge >= 0.3 is 0 Å². The van der Waals surface area contributed by atoms with Crippen LogP contribution in [-0.4, -0.2) is 34.9 Å². The first-order valence-corrected chi connectivity index (χ1v) is 7.63. The second-order valence-electron chi connectivity index (χ2n) is 5.63. The highest BCUT2D eigenvalue weighted by Crippen LogP contribution is 2.25. The fourth-order valence-corrected chi connectivity index (χ4v) is 3.00. The molecule has 1 aliphatic rings. The molecule has 0 radical (unpaired) electrons. The van der Waals surface area contributed by atoms with Crippen LogP contribution in [0, 0.1) is 5.92 Å². The summed E-state index contributed by atoms with van der Waals surface area (Å²) in [5.41, 5.74) is 7.02. The van der Waals surface area contributed by atoms with Crippen LogP contribution >= 0.6 is 0 Å². The molecule has 2 unspecified atom stereocenters. The normalized spacial score (nSPS) is 22.8. The molecule has 4 heteroatoms. The SMILES string of the molecule is CCC1CCN(C(=O)CCc2ccncc2)C(CN)C1. The summed E-state index contributed by atoms with van der Waals surface area (Å²) in [4.78, 5) is 18.4. The van der Waals surface area contributed by atoms with Crippen LogP contribution in [0.1, 0.15) is 38.2 Å². The van der Waals surface area contributed by atoms with Gasteiger partial charge in [0.1, 0.15) is 0 Å². The zero-order chi connectivity index (χ0) is 14.4. The van der Waals surface area contributed by atoms with E-state index in [1.165, 1.54) is 12.0 Å². The number of rotatable bonds is 5. The molecule has 1 aliphatic heterocycles. The van der Waals surface area contributed by atoms with E-state index in [0.29, 0.717) is 13.0 Å². The fourth-order valence-electron chi connectivity index (χ4n) is 3.00. The Morgan fingerprint density at radius 3 is 2.85 bits per heavy atom. The lowest BCUT2D eigenvalue weighted by Crippen LogP contribution is -2.49. The van der Waals surface area contributed by atoms with Gasteiger partial charge in [0.2, 0.25) is 5.91 Å². The number of carbonyl (C=O) groups is 1. The Bertz CT molecular complexity index is 421. The van der Waals surface area contributed by atoms with Gasteiger partial charge in [-0.05, 0) is 42.9 Å². The zero-order valence-corrected chi connectivity index (χ0v) is 12.3. The summed E-state index contributed by atoms with van der Waals surface area (Å²) in [5, 5.41) is 0. The van der Waals surface area contributed by atoms with Gasteiger partial charge in [-0.15, -0.1) is 0 Å². The highest BCUT2D eigenvalue weighted by molar-refractivity contribution is 5.77. The van der Waals surface area contributed by atoms with Crippen LogP contribution in [0.3, 0.4) is 0 Å². The van der Waals surface area contributed by atoms with Crippen LogP contribution in [0.25, 0.3) is 0 Å². The average molecular weight is 275 g/mol. The molecule has 20 heavy (non-hydrogen) atoms. The number of amides is 1. The monoisotopic (exact) mass is 275 g/mol. The molecule has 0 spiro atoms. The van der Waals surface area contributed by atoms with Crippen molar-refractivity contribution >= 4 is 5.91 Å². The van der Waals surface area contributed by atoms with Crippen LogP contribution in [-0.2, 0) is 11.2 Å². The van der Waals surface area contributed by atoms with E-state index < -0.39 is 0 Å². The Kier molecular flexibility index (Phi) is 5.53. The number of nitrogens with two attached hydrogens (primary N) is 1. The van der Waals surface area contributed by atoms with Crippen molar-refractivity contribution in [1.82, 2.24) is 9.88 Å². The second-order valence-corrected chi connectivity index (χ2v) is 5.63. The molecule has 2 rings (SSSR count). The van der Waals surface area contributed by atoms with Gasteiger partial charge in [0.15, 0.2) is 0 Å². The number of aromatic nitrogens is 1. The van der Waals surface area contributed by atoms with E-state index >= 15 is 0 Å². The van der Waals surface area contributed by atoms with E-state index in [4.69, 9.17) is 5.73 Å². The van der Waals surface area contributed by atoms with Crippen molar-refractivity contribution in [2.45, 2.75) is 45.1 Å². The summed E-state index contributed by atoms with van der Waals surface area (Å²) in [6.45, 7) is 3.67. The van der Waals surface area contributed by atoms with Gasteiger partial charge in [-0.25, -0.2) is 0 Å². The number of likely N-dealkylation sites (tertiary alicyclic amines) is 1. The number of carbonyl (C=O) groups excluding carboxylic acids is 1.